The summed E-state index contributed by atoms with van der Waals surface area (Å²) in [5.74, 6) is 5.33. The SMILES string of the molecule is CC(C)C.CC1=CCC(C(=O)N(CC=O)c2cc(C#CC(C)(C)C)sc2C(=O)O)CC1.CCCOCCC. The van der Waals surface area contributed by atoms with Gasteiger partial charge in [-0.15, -0.1) is 11.3 Å². The number of carbonyl (C=O) groups is 3. The highest BCUT2D eigenvalue weighted by atomic mass is 32.1. The highest BCUT2D eigenvalue weighted by Gasteiger charge is 2.30. The van der Waals surface area contributed by atoms with Gasteiger partial charge in [0.1, 0.15) is 11.2 Å². The normalized spacial score (nSPS) is 14.6. The van der Waals surface area contributed by atoms with E-state index in [0.29, 0.717) is 24.0 Å². The number of carbonyl (C=O) groups excluding carboxylic acids is 2. The lowest BCUT2D eigenvalue weighted by atomic mass is 9.89. The Balaban J connectivity index is 0.00000105. The van der Waals surface area contributed by atoms with Gasteiger partial charge in [0, 0.05) is 24.5 Å². The van der Waals surface area contributed by atoms with Crippen molar-refractivity contribution < 1.29 is 24.2 Å². The van der Waals surface area contributed by atoms with Gasteiger partial charge in [0.25, 0.3) is 0 Å². The third-order valence-corrected chi connectivity index (χ3v) is 5.99. The van der Waals surface area contributed by atoms with Gasteiger partial charge >= 0.3 is 5.97 Å². The molecule has 7 heteroatoms. The molecular weight excluding hydrogens is 498 g/mol. The van der Waals surface area contributed by atoms with Gasteiger partial charge < -0.3 is 19.5 Å². The number of nitrogens with zero attached hydrogens (tertiary/aromatic N) is 1. The van der Waals surface area contributed by atoms with Crippen molar-refractivity contribution in [2.45, 2.75) is 94.4 Å². The van der Waals surface area contributed by atoms with Gasteiger partial charge in [0.2, 0.25) is 5.91 Å². The molecule has 1 amide bonds. The molecule has 1 atom stereocenters. The first kappa shape index (κ1) is 35.6. The Morgan fingerprint density at radius 2 is 1.79 bits per heavy atom. The smallest absolute Gasteiger partial charge is 0.348 e. The first-order valence-electron chi connectivity index (χ1n) is 13.7. The number of hydrogen-bond donors (Lipinski definition) is 1. The lowest BCUT2D eigenvalue weighted by Crippen LogP contribution is -2.38. The van der Waals surface area contributed by atoms with E-state index in [2.05, 4.69) is 46.5 Å². The molecule has 1 aliphatic rings. The highest BCUT2D eigenvalue weighted by Crippen LogP contribution is 2.33. The molecule has 38 heavy (non-hydrogen) atoms. The molecule has 1 aliphatic carbocycles. The zero-order valence-corrected chi connectivity index (χ0v) is 25.8. The maximum absolute atomic E-state index is 13.0. The lowest BCUT2D eigenvalue weighted by Gasteiger charge is -2.27. The average Bonchev–Trinajstić information content (AvgIpc) is 3.26. The minimum atomic E-state index is -1.12. The van der Waals surface area contributed by atoms with E-state index in [1.54, 1.807) is 6.07 Å². The third kappa shape index (κ3) is 15.1. The number of aromatic carboxylic acids is 1. The molecule has 0 radical (unpaired) electrons. The molecule has 0 spiro atoms. The van der Waals surface area contributed by atoms with E-state index in [0.717, 1.165) is 49.7 Å². The van der Waals surface area contributed by atoms with Crippen molar-refractivity contribution >= 4 is 35.2 Å². The van der Waals surface area contributed by atoms with Crippen LogP contribution in [0.25, 0.3) is 0 Å². The van der Waals surface area contributed by atoms with Gasteiger partial charge in [-0.25, -0.2) is 4.79 Å². The number of carboxylic acid groups (broad SMARTS) is 1. The fraction of sp³-hybridized carbons (Fsp3) is 0.645. The van der Waals surface area contributed by atoms with Crippen LogP contribution in [0.15, 0.2) is 17.7 Å². The molecule has 0 bridgehead atoms. The highest BCUT2D eigenvalue weighted by molar-refractivity contribution is 7.15. The van der Waals surface area contributed by atoms with Crippen molar-refractivity contribution in [1.29, 1.82) is 0 Å². The summed E-state index contributed by atoms with van der Waals surface area (Å²) in [7, 11) is 0. The van der Waals surface area contributed by atoms with Crippen LogP contribution in [0, 0.1) is 29.1 Å². The Bertz CT molecular complexity index is 952. The molecule has 2 rings (SSSR count). The van der Waals surface area contributed by atoms with Crippen molar-refractivity contribution in [3.8, 4) is 11.8 Å². The summed E-state index contributed by atoms with van der Waals surface area (Å²) in [6, 6.07) is 1.61. The third-order valence-electron chi connectivity index (χ3n) is 4.97. The maximum atomic E-state index is 13.0. The summed E-state index contributed by atoms with van der Waals surface area (Å²) in [5.41, 5.74) is 1.29. The number of carboxylic acids is 1. The summed E-state index contributed by atoms with van der Waals surface area (Å²) in [5, 5.41) is 9.58. The van der Waals surface area contributed by atoms with Crippen molar-refractivity contribution in [2.24, 2.45) is 17.3 Å². The predicted molar refractivity (Wildman–Crippen MR) is 159 cm³/mol. The molecule has 1 aromatic rings. The lowest BCUT2D eigenvalue weighted by molar-refractivity contribution is -0.123. The van der Waals surface area contributed by atoms with Crippen LogP contribution in [0.3, 0.4) is 0 Å². The second-order valence-electron chi connectivity index (χ2n) is 11.1. The summed E-state index contributed by atoms with van der Waals surface area (Å²) >= 11 is 1.03. The largest absolute Gasteiger partial charge is 0.477 e. The number of thiophene rings is 1. The standard InChI is InChI=1S/C21H25NO4S.C6H14O.C4H10/c1-14-5-7-15(8-6-14)19(24)22(11-12-23)17-13-16(9-10-21(2,3)4)27-18(17)20(25)26;1-3-5-7-6-4-2;1-4(2)3/h5,12-13,15H,6-8,11H2,1-4H3,(H,25,26);3-6H2,1-2H3;4H,1-3H3. The summed E-state index contributed by atoms with van der Waals surface area (Å²) in [6.45, 7) is 20.4. The zero-order chi connectivity index (χ0) is 29.3. The second kappa shape index (κ2) is 18.8. The van der Waals surface area contributed by atoms with Crippen LogP contribution in [0.4, 0.5) is 5.69 Å². The number of anilines is 1. The van der Waals surface area contributed by atoms with Crippen LogP contribution in [0.2, 0.25) is 0 Å². The Morgan fingerprint density at radius 3 is 2.21 bits per heavy atom. The molecule has 0 aromatic carbocycles. The Hall–Kier alpha value is -2.43. The Morgan fingerprint density at radius 1 is 1.21 bits per heavy atom. The van der Waals surface area contributed by atoms with E-state index in [1.165, 1.54) is 10.5 Å². The molecular formula is C31H49NO5S. The Labute approximate surface area is 234 Å². The summed E-state index contributed by atoms with van der Waals surface area (Å²) in [4.78, 5) is 37.8. The van der Waals surface area contributed by atoms with E-state index < -0.39 is 5.97 Å². The Kier molecular flexibility index (Phi) is 17.6. The number of hydrogen-bond acceptors (Lipinski definition) is 5. The molecule has 1 heterocycles. The molecule has 0 aliphatic heterocycles. The van der Waals surface area contributed by atoms with Crippen LogP contribution in [0.1, 0.15) is 109 Å². The van der Waals surface area contributed by atoms with E-state index >= 15 is 0 Å². The van der Waals surface area contributed by atoms with Gasteiger partial charge in [-0.2, -0.15) is 0 Å². The van der Waals surface area contributed by atoms with Crippen molar-refractivity contribution in [3.63, 3.8) is 0 Å². The van der Waals surface area contributed by atoms with Crippen LogP contribution in [-0.4, -0.2) is 43.0 Å². The van der Waals surface area contributed by atoms with Crippen LogP contribution in [0.5, 0.6) is 0 Å². The van der Waals surface area contributed by atoms with E-state index in [9.17, 15) is 19.5 Å². The molecule has 1 aromatic heterocycles. The molecule has 1 N–H and O–H groups in total. The van der Waals surface area contributed by atoms with Crippen LogP contribution in [-0.2, 0) is 14.3 Å². The van der Waals surface area contributed by atoms with E-state index in [1.807, 2.05) is 33.8 Å². The number of ether oxygens (including phenoxy) is 1. The van der Waals surface area contributed by atoms with Gasteiger partial charge in [-0.1, -0.05) is 58.1 Å². The summed E-state index contributed by atoms with van der Waals surface area (Å²) in [6.07, 6.45) is 7.11. The quantitative estimate of drug-likeness (QED) is 0.149. The van der Waals surface area contributed by atoms with Gasteiger partial charge in [-0.05, 0) is 71.8 Å². The summed E-state index contributed by atoms with van der Waals surface area (Å²) < 4.78 is 5.13. The van der Waals surface area contributed by atoms with E-state index in [-0.39, 0.29) is 34.3 Å². The monoisotopic (exact) mass is 547 g/mol. The number of amides is 1. The topological polar surface area (TPSA) is 83.9 Å². The minimum Gasteiger partial charge on any atom is -0.477 e. The minimum absolute atomic E-state index is 0.0333. The first-order valence-corrected chi connectivity index (χ1v) is 14.5. The number of rotatable bonds is 9. The van der Waals surface area contributed by atoms with Crippen molar-refractivity contribution in [2.75, 3.05) is 24.7 Å². The molecule has 0 fully saturated rings. The molecule has 0 saturated heterocycles. The average molecular weight is 548 g/mol. The van der Waals surface area contributed by atoms with Gasteiger partial charge in [0.05, 0.1) is 17.1 Å². The molecule has 1 unspecified atom stereocenters. The van der Waals surface area contributed by atoms with Gasteiger partial charge in [0.15, 0.2) is 0 Å². The molecule has 0 saturated carbocycles. The number of aldehydes is 1. The fourth-order valence-electron chi connectivity index (χ4n) is 3.23. The number of allylic oxidation sites excluding steroid dienone is 2. The molecule has 6 nitrogen and oxygen atoms in total. The predicted octanol–water partition coefficient (Wildman–Crippen LogP) is 7.61. The zero-order valence-electron chi connectivity index (χ0n) is 25.0. The van der Waals surface area contributed by atoms with Crippen LogP contribution >= 0.6 is 11.3 Å². The van der Waals surface area contributed by atoms with E-state index in [4.69, 9.17) is 4.74 Å². The van der Waals surface area contributed by atoms with Gasteiger partial charge in [-0.3, -0.25) is 4.79 Å². The van der Waals surface area contributed by atoms with Crippen molar-refractivity contribution in [1.82, 2.24) is 0 Å². The maximum Gasteiger partial charge on any atom is 0.348 e. The molecule has 214 valence electrons. The van der Waals surface area contributed by atoms with Crippen LogP contribution < -0.4 is 4.90 Å². The first-order chi connectivity index (χ1) is 17.8. The fourth-order valence-corrected chi connectivity index (χ4v) is 4.08. The second-order valence-corrected chi connectivity index (χ2v) is 12.2. The van der Waals surface area contributed by atoms with Crippen molar-refractivity contribution in [3.05, 3.63) is 27.5 Å².